The number of thiazole rings is 1. The number of nitrogens with one attached hydrogen (secondary N) is 2. The zero-order valence-corrected chi connectivity index (χ0v) is 12.8. The molecule has 0 radical (unpaired) electrons. The van der Waals surface area contributed by atoms with Gasteiger partial charge in [-0.05, 0) is 23.5 Å². The van der Waals surface area contributed by atoms with E-state index in [9.17, 15) is 4.79 Å². The van der Waals surface area contributed by atoms with Crippen LogP contribution in [0.2, 0.25) is 0 Å². The van der Waals surface area contributed by atoms with E-state index in [1.165, 1.54) is 11.1 Å². The van der Waals surface area contributed by atoms with Gasteiger partial charge in [-0.15, -0.1) is 11.3 Å². The highest BCUT2D eigenvalue weighted by molar-refractivity contribution is 7.07. The molecule has 0 aliphatic heterocycles. The fraction of sp³-hybridized carbons (Fsp3) is 0.375. The number of urea groups is 1. The number of hydrogen-bond acceptors (Lipinski definition) is 3. The number of hydrogen-bond donors (Lipinski definition) is 2. The van der Waals surface area contributed by atoms with Crippen LogP contribution in [0.5, 0.6) is 0 Å². The first-order chi connectivity index (χ1) is 10.2. The average Bonchev–Trinajstić information content (AvgIpc) is 3.08. The molecule has 1 aromatic carbocycles. The Kier molecular flexibility index (Phi) is 4.20. The Balaban J connectivity index is 1.53. The van der Waals surface area contributed by atoms with E-state index in [1.807, 2.05) is 17.0 Å². The van der Waals surface area contributed by atoms with Crippen LogP contribution in [-0.2, 0) is 12.8 Å². The van der Waals surface area contributed by atoms with E-state index in [4.69, 9.17) is 0 Å². The Morgan fingerprint density at radius 2 is 2.29 bits per heavy atom. The van der Waals surface area contributed by atoms with Gasteiger partial charge >= 0.3 is 6.03 Å². The van der Waals surface area contributed by atoms with Crippen LogP contribution in [0.25, 0.3) is 0 Å². The Morgan fingerprint density at radius 3 is 3.10 bits per heavy atom. The van der Waals surface area contributed by atoms with Crippen LogP contribution in [0.1, 0.15) is 29.8 Å². The topological polar surface area (TPSA) is 54.0 Å². The van der Waals surface area contributed by atoms with Gasteiger partial charge in [-0.3, -0.25) is 0 Å². The number of carbonyl (C=O) groups excluding carboxylic acids is 1. The second-order valence-corrected chi connectivity index (χ2v) is 6.21. The Morgan fingerprint density at radius 1 is 1.43 bits per heavy atom. The number of fused-ring (bicyclic) bond motifs is 1. The smallest absolute Gasteiger partial charge is 0.315 e. The molecule has 4 nitrogen and oxygen atoms in total. The molecular weight excluding hydrogens is 282 g/mol. The molecule has 2 aromatic rings. The van der Waals surface area contributed by atoms with Crippen molar-refractivity contribution in [3.63, 3.8) is 0 Å². The minimum atomic E-state index is -0.0983. The number of nitrogens with zero attached hydrogens (tertiary/aromatic N) is 1. The molecule has 1 aliphatic rings. The standard InChI is InChI=1S/C16H19N3OS/c1-11-8-12-4-2-3-5-14(12)15(11)19-16(20)17-7-6-13-9-21-10-18-13/h2-5,9-11,15H,6-8H2,1H3,(H2,17,19,20)/t11-,15-/m1/s1. The zero-order valence-electron chi connectivity index (χ0n) is 12.0. The van der Waals surface area contributed by atoms with Crippen molar-refractivity contribution in [1.82, 2.24) is 15.6 Å². The van der Waals surface area contributed by atoms with Crippen LogP contribution in [0.15, 0.2) is 35.2 Å². The van der Waals surface area contributed by atoms with Crippen molar-refractivity contribution < 1.29 is 4.79 Å². The van der Waals surface area contributed by atoms with Crippen molar-refractivity contribution in [1.29, 1.82) is 0 Å². The lowest BCUT2D eigenvalue weighted by Crippen LogP contribution is -2.39. The molecule has 0 bridgehead atoms. The number of aromatic nitrogens is 1. The Hall–Kier alpha value is -1.88. The van der Waals surface area contributed by atoms with Gasteiger partial charge in [-0.2, -0.15) is 0 Å². The van der Waals surface area contributed by atoms with Crippen LogP contribution in [0.4, 0.5) is 4.79 Å². The third kappa shape index (κ3) is 3.24. The molecule has 21 heavy (non-hydrogen) atoms. The van der Waals surface area contributed by atoms with Gasteiger partial charge in [0.25, 0.3) is 0 Å². The maximum atomic E-state index is 12.0. The zero-order chi connectivity index (χ0) is 14.7. The average molecular weight is 301 g/mol. The SMILES string of the molecule is C[C@@H]1Cc2ccccc2[C@@H]1NC(=O)NCCc1cscn1. The monoisotopic (exact) mass is 301 g/mol. The third-order valence-electron chi connectivity index (χ3n) is 3.94. The summed E-state index contributed by atoms with van der Waals surface area (Å²) in [6, 6.07) is 8.36. The van der Waals surface area contributed by atoms with E-state index in [-0.39, 0.29) is 12.1 Å². The molecule has 2 amide bonds. The Labute approximate surface area is 128 Å². The summed E-state index contributed by atoms with van der Waals surface area (Å²) in [7, 11) is 0. The fourth-order valence-corrected chi connectivity index (χ4v) is 3.47. The van der Waals surface area contributed by atoms with Crippen LogP contribution in [-0.4, -0.2) is 17.6 Å². The molecule has 0 unspecified atom stereocenters. The lowest BCUT2D eigenvalue weighted by molar-refractivity contribution is 0.233. The maximum absolute atomic E-state index is 12.0. The molecule has 1 aromatic heterocycles. The molecule has 3 rings (SSSR count). The van der Waals surface area contributed by atoms with E-state index in [2.05, 4.69) is 40.7 Å². The van der Waals surface area contributed by atoms with Crippen LogP contribution in [0, 0.1) is 5.92 Å². The molecule has 0 spiro atoms. The summed E-state index contributed by atoms with van der Waals surface area (Å²) in [5.74, 6) is 0.437. The van der Waals surface area contributed by atoms with Gasteiger partial charge in [-0.1, -0.05) is 31.2 Å². The minimum Gasteiger partial charge on any atom is -0.338 e. The van der Waals surface area contributed by atoms with E-state index in [0.29, 0.717) is 12.5 Å². The van der Waals surface area contributed by atoms with Gasteiger partial charge < -0.3 is 10.6 Å². The van der Waals surface area contributed by atoms with Crippen molar-refractivity contribution in [3.8, 4) is 0 Å². The second-order valence-electron chi connectivity index (χ2n) is 5.49. The maximum Gasteiger partial charge on any atom is 0.315 e. The van der Waals surface area contributed by atoms with Gasteiger partial charge in [0.2, 0.25) is 0 Å². The first-order valence-electron chi connectivity index (χ1n) is 7.23. The van der Waals surface area contributed by atoms with E-state index >= 15 is 0 Å². The lowest BCUT2D eigenvalue weighted by atomic mass is 10.0. The predicted octanol–water partition coefficient (Wildman–Crippen LogP) is 2.92. The van der Waals surface area contributed by atoms with Gasteiger partial charge in [-0.25, -0.2) is 9.78 Å². The normalized spacial score (nSPS) is 20.0. The van der Waals surface area contributed by atoms with Crippen LogP contribution in [0.3, 0.4) is 0 Å². The quantitative estimate of drug-likeness (QED) is 0.912. The van der Waals surface area contributed by atoms with Gasteiger partial charge in [0.15, 0.2) is 0 Å². The number of carbonyl (C=O) groups is 1. The third-order valence-corrected chi connectivity index (χ3v) is 4.57. The molecule has 0 fully saturated rings. The van der Waals surface area contributed by atoms with E-state index in [1.54, 1.807) is 11.3 Å². The van der Waals surface area contributed by atoms with Crippen molar-refractivity contribution >= 4 is 17.4 Å². The largest absolute Gasteiger partial charge is 0.338 e. The summed E-state index contributed by atoms with van der Waals surface area (Å²) in [6.45, 7) is 2.79. The van der Waals surface area contributed by atoms with Crippen molar-refractivity contribution in [2.24, 2.45) is 5.92 Å². The molecular formula is C16H19N3OS. The summed E-state index contributed by atoms with van der Waals surface area (Å²) in [5, 5.41) is 8.02. The predicted molar refractivity (Wildman–Crippen MR) is 84.4 cm³/mol. The van der Waals surface area contributed by atoms with Crippen LogP contribution < -0.4 is 10.6 Å². The van der Waals surface area contributed by atoms with Gasteiger partial charge in [0.1, 0.15) is 0 Å². The fourth-order valence-electron chi connectivity index (χ4n) is 2.87. The summed E-state index contributed by atoms with van der Waals surface area (Å²) in [5.41, 5.74) is 5.43. The van der Waals surface area contributed by atoms with Gasteiger partial charge in [0, 0.05) is 18.3 Å². The van der Waals surface area contributed by atoms with Crippen molar-refractivity contribution in [3.05, 3.63) is 52.0 Å². The first kappa shape index (κ1) is 14.1. The molecule has 1 heterocycles. The number of rotatable bonds is 4. The molecule has 5 heteroatoms. The minimum absolute atomic E-state index is 0.0983. The molecule has 0 saturated carbocycles. The molecule has 2 N–H and O–H groups in total. The molecule has 1 aliphatic carbocycles. The molecule has 0 saturated heterocycles. The van der Waals surface area contributed by atoms with Gasteiger partial charge in [0.05, 0.1) is 17.2 Å². The second kappa shape index (κ2) is 6.26. The highest BCUT2D eigenvalue weighted by Gasteiger charge is 2.29. The number of benzene rings is 1. The summed E-state index contributed by atoms with van der Waals surface area (Å²) >= 11 is 1.58. The summed E-state index contributed by atoms with van der Waals surface area (Å²) in [6.07, 6.45) is 1.80. The van der Waals surface area contributed by atoms with Crippen molar-refractivity contribution in [2.45, 2.75) is 25.8 Å². The summed E-state index contributed by atoms with van der Waals surface area (Å²) < 4.78 is 0. The highest BCUT2D eigenvalue weighted by Crippen LogP contribution is 2.35. The van der Waals surface area contributed by atoms with Crippen LogP contribution >= 0.6 is 11.3 Å². The lowest BCUT2D eigenvalue weighted by Gasteiger charge is -2.19. The highest BCUT2D eigenvalue weighted by atomic mass is 32.1. The Bertz CT molecular complexity index is 612. The van der Waals surface area contributed by atoms with E-state index in [0.717, 1.165) is 18.5 Å². The van der Waals surface area contributed by atoms with Crippen molar-refractivity contribution in [2.75, 3.05) is 6.54 Å². The van der Waals surface area contributed by atoms with E-state index < -0.39 is 0 Å². The first-order valence-corrected chi connectivity index (χ1v) is 8.17. The molecule has 110 valence electrons. The number of amides is 2. The summed E-state index contributed by atoms with van der Waals surface area (Å²) in [4.78, 5) is 16.2. The molecule has 2 atom stereocenters.